The van der Waals surface area contributed by atoms with Gasteiger partial charge in [0.25, 0.3) is 0 Å². The van der Waals surface area contributed by atoms with Crippen LogP contribution in [0.5, 0.6) is 0 Å². The molecule has 3 aliphatic rings. The number of nitrogens with one attached hydrogen (secondary N) is 1. The van der Waals surface area contributed by atoms with E-state index in [-0.39, 0.29) is 11.2 Å². The molecule has 184 valence electrons. The molecule has 1 saturated heterocycles. The Morgan fingerprint density at radius 3 is 2.58 bits per heavy atom. The van der Waals surface area contributed by atoms with Crippen LogP contribution in [0.1, 0.15) is 55.0 Å². The second-order valence-electron chi connectivity index (χ2n) is 10.4. The molecule has 1 aliphatic heterocycles. The zero-order chi connectivity index (χ0) is 24.6. The van der Waals surface area contributed by atoms with Crippen LogP contribution in [-0.2, 0) is 0 Å². The third kappa shape index (κ3) is 3.66. The minimum atomic E-state index is -0.231. The molecule has 5 nitrogen and oxygen atoms in total. The first-order valence-corrected chi connectivity index (χ1v) is 14.0. The third-order valence-electron chi connectivity index (χ3n) is 7.80. The summed E-state index contributed by atoms with van der Waals surface area (Å²) in [4.78, 5) is 6.95. The van der Waals surface area contributed by atoms with Gasteiger partial charge in [-0.1, -0.05) is 51.9 Å². The van der Waals surface area contributed by atoms with E-state index in [0.717, 1.165) is 64.8 Å². The number of anilines is 1. The molecule has 0 bridgehead atoms. The summed E-state index contributed by atoms with van der Waals surface area (Å²) >= 11 is 14.7. The predicted octanol–water partition coefficient (Wildman–Crippen LogP) is 7.00. The average Bonchev–Trinajstić information content (AvgIpc) is 3.44. The molecule has 2 aliphatic carbocycles. The van der Waals surface area contributed by atoms with Crippen LogP contribution in [0.4, 0.5) is 9.52 Å². The Hall–Kier alpha value is -2.48. The topological polar surface area (TPSA) is 48.7 Å². The maximum absolute atomic E-state index is 14.4. The first kappa shape index (κ1) is 22.7. The fourth-order valence-electron chi connectivity index (χ4n) is 5.71. The van der Waals surface area contributed by atoms with Crippen molar-refractivity contribution in [3.05, 3.63) is 69.2 Å². The zero-order valence-electron chi connectivity index (χ0n) is 19.8. The van der Waals surface area contributed by atoms with Gasteiger partial charge in [0.05, 0.1) is 14.7 Å². The monoisotopic (exact) mass is 540 g/mol. The fraction of sp³-hybridized carbons (Fsp3) is 0.370. The normalized spacial score (nSPS) is 19.1. The van der Waals surface area contributed by atoms with Crippen LogP contribution in [0.2, 0.25) is 10.0 Å². The van der Waals surface area contributed by atoms with Gasteiger partial charge in [-0.25, -0.2) is 9.37 Å². The molecule has 3 heterocycles. The van der Waals surface area contributed by atoms with Crippen LogP contribution < -0.4 is 9.58 Å². The van der Waals surface area contributed by atoms with E-state index in [9.17, 15) is 4.39 Å². The Balaban J connectivity index is 1.16. The quantitative estimate of drug-likeness (QED) is 0.283. The van der Waals surface area contributed by atoms with Crippen molar-refractivity contribution >= 4 is 55.5 Å². The number of allylic oxidation sites excluding steroid dienone is 2. The summed E-state index contributed by atoms with van der Waals surface area (Å²) in [5.74, 6) is 0.271. The largest absolute Gasteiger partial charge is 0.348 e. The van der Waals surface area contributed by atoms with Crippen LogP contribution in [0, 0.1) is 18.2 Å². The van der Waals surface area contributed by atoms with Crippen molar-refractivity contribution in [2.75, 3.05) is 18.0 Å². The molecule has 0 unspecified atom stereocenters. The van der Waals surface area contributed by atoms with E-state index in [2.05, 4.69) is 21.2 Å². The van der Waals surface area contributed by atoms with Gasteiger partial charge in [0.15, 0.2) is 16.6 Å². The van der Waals surface area contributed by atoms with Crippen molar-refractivity contribution in [2.45, 2.75) is 44.9 Å². The number of nitrogens with zero attached hydrogens (tertiary/aromatic N) is 4. The molecule has 36 heavy (non-hydrogen) atoms. The van der Waals surface area contributed by atoms with Gasteiger partial charge in [-0.3, -0.25) is 0 Å². The number of halogens is 3. The summed E-state index contributed by atoms with van der Waals surface area (Å²) in [6.45, 7) is 3.76. The van der Waals surface area contributed by atoms with Crippen LogP contribution in [0.15, 0.2) is 36.4 Å². The smallest absolute Gasteiger partial charge is 0.229 e. The van der Waals surface area contributed by atoms with E-state index in [1.54, 1.807) is 17.4 Å². The van der Waals surface area contributed by atoms with Crippen molar-refractivity contribution in [2.24, 2.45) is 5.41 Å². The number of hydrogen-bond acceptors (Lipinski definition) is 4. The molecular formula is C27H25Cl2FN5S+. The number of para-hydroxylation sites is 1. The number of thiazole rings is 1. The van der Waals surface area contributed by atoms with Crippen molar-refractivity contribution in [3.63, 3.8) is 0 Å². The molecule has 0 atom stereocenters. The number of H-pyrrole nitrogens is 1. The Labute approximate surface area is 222 Å². The molecule has 2 aromatic heterocycles. The molecule has 2 fully saturated rings. The lowest BCUT2D eigenvalue weighted by Crippen LogP contribution is -2.44. The van der Waals surface area contributed by atoms with E-state index >= 15 is 0 Å². The SMILES string of the molecule is Cc1cc(F)c2nc(N3CCC4(C=C(c5c(C6CC6)n[nH][n+]5-c5c(Cl)cccc5Cl)C4)CC3)sc2c1. The zero-order valence-corrected chi connectivity index (χ0v) is 22.2. The van der Waals surface area contributed by atoms with Gasteiger partial charge < -0.3 is 4.90 Å². The number of aromatic nitrogens is 4. The van der Waals surface area contributed by atoms with Gasteiger partial charge in [-0.15, -0.1) is 4.68 Å². The highest BCUT2D eigenvalue weighted by Gasteiger charge is 2.46. The first-order chi connectivity index (χ1) is 17.4. The van der Waals surface area contributed by atoms with Crippen molar-refractivity contribution in [1.29, 1.82) is 0 Å². The molecule has 1 N–H and O–H groups in total. The van der Waals surface area contributed by atoms with E-state index < -0.39 is 0 Å². The van der Waals surface area contributed by atoms with Gasteiger partial charge >= 0.3 is 0 Å². The van der Waals surface area contributed by atoms with Crippen LogP contribution in [-0.4, -0.2) is 28.4 Å². The van der Waals surface area contributed by atoms with Gasteiger partial charge in [0, 0.05) is 29.7 Å². The summed E-state index contributed by atoms with van der Waals surface area (Å²) in [5, 5.41) is 10.0. The number of aryl methyl sites for hydroxylation is 1. The highest BCUT2D eigenvalue weighted by atomic mass is 35.5. The molecule has 7 rings (SSSR count). The van der Waals surface area contributed by atoms with Crippen molar-refractivity contribution in [3.8, 4) is 5.69 Å². The number of benzene rings is 2. The molecule has 4 aromatic rings. The second-order valence-corrected chi connectivity index (χ2v) is 12.2. The molecule has 9 heteroatoms. The van der Waals surface area contributed by atoms with Crippen LogP contribution in [0.3, 0.4) is 0 Å². The van der Waals surface area contributed by atoms with Crippen LogP contribution >= 0.6 is 34.5 Å². The standard InChI is InChI=1S/C27H24Cl2FN5S/c1-15-11-20(30)23-21(12-15)36-26(31-23)34-9-7-27(8-10-34)13-17(14-27)24-22(16-5-6-16)32-33-35(24)25-18(28)3-2-4-19(25)29/h2-4,11-13,16H,5-10,14H2,1H3/p+1. The van der Waals surface area contributed by atoms with E-state index in [1.165, 1.54) is 18.4 Å². The maximum Gasteiger partial charge on any atom is 0.229 e. The van der Waals surface area contributed by atoms with E-state index in [4.69, 9.17) is 28.3 Å². The Bertz CT molecular complexity index is 1530. The molecule has 1 spiro atoms. The van der Waals surface area contributed by atoms with Gasteiger partial charge in [-0.2, -0.15) is 0 Å². The number of fused-ring (bicyclic) bond motifs is 1. The average molecular weight is 542 g/mol. The highest BCUT2D eigenvalue weighted by Crippen LogP contribution is 2.53. The van der Waals surface area contributed by atoms with Gasteiger partial charge in [-0.05, 0) is 74.3 Å². The lowest BCUT2D eigenvalue weighted by molar-refractivity contribution is -0.661. The highest BCUT2D eigenvalue weighted by molar-refractivity contribution is 7.22. The fourth-order valence-corrected chi connectivity index (χ4v) is 7.41. The maximum atomic E-state index is 14.4. The lowest BCUT2D eigenvalue weighted by atomic mass is 9.64. The molecular weight excluding hydrogens is 516 g/mol. The molecule has 0 amide bonds. The molecule has 1 saturated carbocycles. The summed E-state index contributed by atoms with van der Waals surface area (Å²) in [6, 6.07) is 9.16. The van der Waals surface area contributed by atoms with Crippen molar-refractivity contribution < 1.29 is 9.07 Å². The Morgan fingerprint density at radius 1 is 1.17 bits per heavy atom. The van der Waals surface area contributed by atoms with Gasteiger partial charge in [0.1, 0.15) is 5.52 Å². The Morgan fingerprint density at radius 2 is 1.89 bits per heavy atom. The predicted molar refractivity (Wildman–Crippen MR) is 143 cm³/mol. The number of piperidine rings is 1. The lowest BCUT2D eigenvalue weighted by Gasteiger charge is -2.45. The summed E-state index contributed by atoms with van der Waals surface area (Å²) in [7, 11) is 0. The summed E-state index contributed by atoms with van der Waals surface area (Å²) in [6.07, 6.45) is 7.90. The first-order valence-electron chi connectivity index (χ1n) is 12.4. The van der Waals surface area contributed by atoms with Crippen LogP contribution in [0.25, 0.3) is 21.5 Å². The summed E-state index contributed by atoms with van der Waals surface area (Å²) in [5.41, 5.74) is 5.92. The minimum Gasteiger partial charge on any atom is -0.348 e. The Kier molecular flexibility index (Phi) is 5.21. The van der Waals surface area contributed by atoms with E-state index in [0.29, 0.717) is 21.5 Å². The van der Waals surface area contributed by atoms with Crippen molar-refractivity contribution in [1.82, 2.24) is 15.3 Å². The summed E-state index contributed by atoms with van der Waals surface area (Å²) < 4.78 is 17.3. The number of rotatable bonds is 4. The number of hydrogen-bond donors (Lipinski definition) is 1. The third-order valence-corrected chi connectivity index (χ3v) is 9.47. The van der Waals surface area contributed by atoms with E-state index in [1.807, 2.05) is 35.9 Å². The van der Waals surface area contributed by atoms with Gasteiger partial charge in [0.2, 0.25) is 11.4 Å². The minimum absolute atomic E-state index is 0.185. The number of aromatic amines is 1. The second kappa shape index (κ2) is 8.27. The molecule has 0 radical (unpaired) electrons. The molecule has 2 aromatic carbocycles.